The van der Waals surface area contributed by atoms with Crippen LogP contribution in [-0.2, 0) is 4.74 Å². The molecule has 166 valence electrons. The average molecular weight is 427 g/mol. The predicted octanol–water partition coefficient (Wildman–Crippen LogP) is 3.18. The van der Waals surface area contributed by atoms with Gasteiger partial charge < -0.3 is 30.3 Å². The number of nitrogens with one attached hydrogen (secondary N) is 3. The minimum Gasteiger partial charge on any atom is -0.491 e. The molecular formula is C23H30N4O4. The summed E-state index contributed by atoms with van der Waals surface area (Å²) in [6, 6.07) is 13.8. The molecule has 31 heavy (non-hydrogen) atoms. The fourth-order valence-corrected chi connectivity index (χ4v) is 3.14. The topological polar surface area (TPSA) is 91.9 Å². The maximum atomic E-state index is 12.7. The normalized spacial score (nSPS) is 15.5. The number of urea groups is 1. The summed E-state index contributed by atoms with van der Waals surface area (Å²) in [4.78, 5) is 26.7. The summed E-state index contributed by atoms with van der Waals surface area (Å²) in [5, 5.41) is 8.45. The van der Waals surface area contributed by atoms with Crippen LogP contribution >= 0.6 is 0 Å². The number of para-hydroxylation sites is 1. The van der Waals surface area contributed by atoms with Gasteiger partial charge in [0.15, 0.2) is 0 Å². The highest BCUT2D eigenvalue weighted by molar-refractivity contribution is 6.06. The molecule has 1 atom stereocenters. The van der Waals surface area contributed by atoms with Crippen molar-refractivity contribution >= 4 is 23.3 Å². The molecule has 0 saturated carbocycles. The number of likely N-dealkylation sites (N-methyl/N-ethyl adjacent to an activating group) is 1. The number of amides is 3. The minimum absolute atomic E-state index is 0.0954. The van der Waals surface area contributed by atoms with Gasteiger partial charge in [0.25, 0.3) is 5.91 Å². The van der Waals surface area contributed by atoms with Gasteiger partial charge in [-0.2, -0.15) is 0 Å². The summed E-state index contributed by atoms with van der Waals surface area (Å²) in [5.41, 5.74) is 1.73. The Hall–Kier alpha value is -3.10. The Labute approximate surface area is 182 Å². The summed E-state index contributed by atoms with van der Waals surface area (Å²) in [7, 11) is 3.93. The van der Waals surface area contributed by atoms with E-state index in [2.05, 4.69) is 16.0 Å². The predicted molar refractivity (Wildman–Crippen MR) is 121 cm³/mol. The molecule has 3 N–H and O–H groups in total. The molecule has 8 nitrogen and oxygen atoms in total. The lowest BCUT2D eigenvalue weighted by Gasteiger charge is -2.14. The van der Waals surface area contributed by atoms with Gasteiger partial charge in [0.2, 0.25) is 0 Å². The van der Waals surface area contributed by atoms with Crippen LogP contribution in [0.15, 0.2) is 48.5 Å². The molecule has 1 saturated heterocycles. The third-order valence-corrected chi connectivity index (χ3v) is 4.84. The lowest BCUT2D eigenvalue weighted by atomic mass is 10.2. The summed E-state index contributed by atoms with van der Waals surface area (Å²) in [6.07, 6.45) is 2.10. The van der Waals surface area contributed by atoms with E-state index in [0.29, 0.717) is 35.8 Å². The molecule has 2 aromatic carbocycles. The van der Waals surface area contributed by atoms with Crippen LogP contribution in [0.3, 0.4) is 0 Å². The Morgan fingerprint density at radius 3 is 2.45 bits per heavy atom. The number of carbonyl (C=O) groups excluding carboxylic acids is 2. The van der Waals surface area contributed by atoms with Crippen molar-refractivity contribution < 1.29 is 19.1 Å². The molecule has 1 heterocycles. The van der Waals surface area contributed by atoms with Crippen molar-refractivity contribution in [3.63, 3.8) is 0 Å². The summed E-state index contributed by atoms with van der Waals surface area (Å²) >= 11 is 0. The molecule has 3 rings (SSSR count). The molecule has 1 aliphatic rings. The number of nitrogens with zero attached hydrogens (tertiary/aromatic N) is 1. The van der Waals surface area contributed by atoms with Crippen LogP contribution < -0.4 is 20.7 Å². The van der Waals surface area contributed by atoms with E-state index in [1.165, 1.54) is 0 Å². The van der Waals surface area contributed by atoms with Crippen molar-refractivity contribution in [2.45, 2.75) is 18.9 Å². The maximum Gasteiger partial charge on any atom is 0.319 e. The van der Waals surface area contributed by atoms with Gasteiger partial charge in [-0.15, -0.1) is 0 Å². The Kier molecular flexibility index (Phi) is 8.26. The van der Waals surface area contributed by atoms with Crippen LogP contribution in [0.5, 0.6) is 5.75 Å². The van der Waals surface area contributed by atoms with Gasteiger partial charge in [0.1, 0.15) is 12.4 Å². The molecule has 0 spiro atoms. The monoisotopic (exact) mass is 426 g/mol. The van der Waals surface area contributed by atoms with Crippen LogP contribution in [0, 0.1) is 0 Å². The minimum atomic E-state index is -0.281. The van der Waals surface area contributed by atoms with E-state index in [1.54, 1.807) is 42.5 Å². The second-order valence-electron chi connectivity index (χ2n) is 7.65. The smallest absolute Gasteiger partial charge is 0.319 e. The molecule has 0 radical (unpaired) electrons. The maximum absolute atomic E-state index is 12.7. The molecule has 0 aliphatic carbocycles. The standard InChI is InChI=1S/C23H30N4O4/c1-27(2)13-15-31-21-8-4-3-7-20(21)22(28)25-17-9-11-18(12-10-17)26-23(29)24-16-19-6-5-14-30-19/h3-4,7-12,19H,5-6,13-16H2,1-2H3,(H,25,28)(H2,24,26,29). The number of carbonyl (C=O) groups is 2. The van der Waals surface area contributed by atoms with Crippen LogP contribution in [0.2, 0.25) is 0 Å². The van der Waals surface area contributed by atoms with Crippen molar-refractivity contribution in [3.8, 4) is 5.75 Å². The fourth-order valence-electron chi connectivity index (χ4n) is 3.14. The summed E-state index contributed by atoms with van der Waals surface area (Å²) in [5.74, 6) is 0.290. The van der Waals surface area contributed by atoms with Crippen molar-refractivity contribution in [3.05, 3.63) is 54.1 Å². The van der Waals surface area contributed by atoms with Gasteiger partial charge in [-0.3, -0.25) is 4.79 Å². The van der Waals surface area contributed by atoms with Gasteiger partial charge in [0.05, 0.1) is 11.7 Å². The Bertz CT molecular complexity index is 864. The second-order valence-corrected chi connectivity index (χ2v) is 7.65. The van der Waals surface area contributed by atoms with Crippen molar-refractivity contribution in [1.29, 1.82) is 0 Å². The average Bonchev–Trinajstić information content (AvgIpc) is 3.27. The zero-order chi connectivity index (χ0) is 22.1. The van der Waals surface area contributed by atoms with Gasteiger partial charge >= 0.3 is 6.03 Å². The Balaban J connectivity index is 1.51. The SMILES string of the molecule is CN(C)CCOc1ccccc1C(=O)Nc1ccc(NC(=O)NCC2CCCO2)cc1. The molecule has 0 aromatic heterocycles. The van der Waals surface area contributed by atoms with Gasteiger partial charge in [-0.1, -0.05) is 12.1 Å². The zero-order valence-electron chi connectivity index (χ0n) is 18.0. The van der Waals surface area contributed by atoms with Crippen LogP contribution in [-0.4, -0.2) is 63.3 Å². The van der Waals surface area contributed by atoms with Crippen molar-refractivity contribution in [2.24, 2.45) is 0 Å². The lowest BCUT2D eigenvalue weighted by Crippen LogP contribution is -2.35. The van der Waals surface area contributed by atoms with Crippen LogP contribution in [0.25, 0.3) is 0 Å². The Morgan fingerprint density at radius 2 is 1.77 bits per heavy atom. The van der Waals surface area contributed by atoms with E-state index in [0.717, 1.165) is 26.0 Å². The summed E-state index contributed by atoms with van der Waals surface area (Å²) < 4.78 is 11.3. The number of ether oxygens (including phenoxy) is 2. The van der Waals surface area contributed by atoms with E-state index >= 15 is 0 Å². The first-order chi connectivity index (χ1) is 15.0. The van der Waals surface area contributed by atoms with E-state index in [-0.39, 0.29) is 18.0 Å². The van der Waals surface area contributed by atoms with E-state index < -0.39 is 0 Å². The van der Waals surface area contributed by atoms with E-state index in [9.17, 15) is 9.59 Å². The molecule has 1 aliphatic heterocycles. The fraction of sp³-hybridized carbons (Fsp3) is 0.391. The first kappa shape index (κ1) is 22.6. The zero-order valence-corrected chi connectivity index (χ0v) is 18.0. The van der Waals surface area contributed by atoms with E-state index in [1.807, 2.05) is 25.1 Å². The largest absolute Gasteiger partial charge is 0.491 e. The third-order valence-electron chi connectivity index (χ3n) is 4.84. The number of rotatable bonds is 9. The molecular weight excluding hydrogens is 396 g/mol. The van der Waals surface area contributed by atoms with Crippen molar-refractivity contribution in [1.82, 2.24) is 10.2 Å². The molecule has 1 unspecified atom stereocenters. The quantitative estimate of drug-likeness (QED) is 0.573. The van der Waals surface area contributed by atoms with Crippen LogP contribution in [0.1, 0.15) is 23.2 Å². The molecule has 8 heteroatoms. The van der Waals surface area contributed by atoms with Gasteiger partial charge in [0, 0.05) is 31.1 Å². The number of benzene rings is 2. The number of anilines is 2. The third kappa shape index (κ3) is 7.27. The molecule has 0 bridgehead atoms. The highest BCUT2D eigenvalue weighted by Gasteiger charge is 2.16. The van der Waals surface area contributed by atoms with Gasteiger partial charge in [-0.05, 0) is 63.3 Å². The van der Waals surface area contributed by atoms with Crippen molar-refractivity contribution in [2.75, 3.05) is 51.0 Å². The molecule has 2 aromatic rings. The molecule has 3 amide bonds. The van der Waals surface area contributed by atoms with Gasteiger partial charge in [-0.25, -0.2) is 4.79 Å². The van der Waals surface area contributed by atoms with Crippen LogP contribution in [0.4, 0.5) is 16.2 Å². The van der Waals surface area contributed by atoms with E-state index in [4.69, 9.17) is 9.47 Å². The lowest BCUT2D eigenvalue weighted by molar-refractivity contribution is 0.102. The first-order valence-electron chi connectivity index (χ1n) is 10.5. The number of hydrogen-bond donors (Lipinski definition) is 3. The highest BCUT2D eigenvalue weighted by Crippen LogP contribution is 2.21. The highest BCUT2D eigenvalue weighted by atomic mass is 16.5. The summed E-state index contributed by atoms with van der Waals surface area (Å²) in [6.45, 7) is 2.50. The Morgan fingerprint density at radius 1 is 1.06 bits per heavy atom. The first-order valence-corrected chi connectivity index (χ1v) is 10.5. The molecule has 1 fully saturated rings. The number of hydrogen-bond acceptors (Lipinski definition) is 5. The second kappa shape index (κ2) is 11.3.